The van der Waals surface area contributed by atoms with Crippen LogP contribution in [0.5, 0.6) is 0 Å². The Morgan fingerprint density at radius 3 is 1.71 bits per heavy atom. The average molecular weight is 196 g/mol. The molecule has 1 rings (SSSR count). The van der Waals surface area contributed by atoms with Crippen molar-refractivity contribution in [3.8, 4) is 0 Å². The Bertz CT molecular complexity index is 159. The second-order valence-corrected chi connectivity index (χ2v) is 6.47. The van der Waals surface area contributed by atoms with Gasteiger partial charge in [0.05, 0.1) is 0 Å². The van der Waals surface area contributed by atoms with Crippen molar-refractivity contribution in [1.29, 1.82) is 0 Å². The number of hydrogen-bond donors (Lipinski definition) is 0. The van der Waals surface area contributed by atoms with E-state index in [1.807, 2.05) is 0 Å². The van der Waals surface area contributed by atoms with Crippen molar-refractivity contribution in [3.05, 3.63) is 0 Å². The third-order valence-corrected chi connectivity index (χ3v) is 4.14. The molecule has 0 N–H and O–H groups in total. The van der Waals surface area contributed by atoms with Crippen molar-refractivity contribution >= 4 is 0 Å². The minimum atomic E-state index is 0.547. The van der Waals surface area contributed by atoms with Crippen molar-refractivity contribution in [1.82, 2.24) is 0 Å². The van der Waals surface area contributed by atoms with Crippen LogP contribution < -0.4 is 0 Å². The summed E-state index contributed by atoms with van der Waals surface area (Å²) in [5.74, 6) is 0.987. The van der Waals surface area contributed by atoms with E-state index in [0.29, 0.717) is 5.41 Å². The van der Waals surface area contributed by atoms with Crippen LogP contribution in [0.1, 0.15) is 73.1 Å². The lowest BCUT2D eigenvalue weighted by Crippen LogP contribution is -2.43. The molecule has 0 aromatic rings. The maximum Gasteiger partial charge on any atom is -0.0292 e. The molecule has 0 heteroatoms. The molecule has 0 atom stereocenters. The normalized spacial score (nSPS) is 22.1. The molecule has 0 bridgehead atoms. The van der Waals surface area contributed by atoms with Gasteiger partial charge in [-0.3, -0.25) is 0 Å². The third-order valence-electron chi connectivity index (χ3n) is 4.14. The monoisotopic (exact) mass is 196 g/mol. The first-order valence-corrected chi connectivity index (χ1v) is 6.43. The zero-order valence-corrected chi connectivity index (χ0v) is 10.8. The van der Waals surface area contributed by atoms with Gasteiger partial charge in [0.2, 0.25) is 0 Å². The Kier molecular flexibility index (Phi) is 3.66. The van der Waals surface area contributed by atoms with Crippen LogP contribution in [0.4, 0.5) is 0 Å². The maximum atomic E-state index is 2.40. The Labute approximate surface area is 90.5 Å². The van der Waals surface area contributed by atoms with Crippen LogP contribution >= 0.6 is 0 Å². The molecule has 1 saturated carbocycles. The van der Waals surface area contributed by atoms with Gasteiger partial charge in [0.25, 0.3) is 0 Å². The first kappa shape index (κ1) is 12.1. The van der Waals surface area contributed by atoms with Gasteiger partial charge in [-0.2, -0.15) is 0 Å². The molecule has 1 fully saturated rings. The summed E-state index contributed by atoms with van der Waals surface area (Å²) in [7, 11) is 0. The molecule has 1 aliphatic carbocycles. The maximum absolute atomic E-state index is 2.40. The summed E-state index contributed by atoms with van der Waals surface area (Å²) in [5.41, 5.74) is 1.30. The van der Waals surface area contributed by atoms with Crippen LogP contribution in [-0.2, 0) is 0 Å². The summed E-state index contributed by atoms with van der Waals surface area (Å²) < 4.78 is 0. The van der Waals surface area contributed by atoms with Gasteiger partial charge in [-0.1, -0.05) is 47.5 Å². The molecule has 84 valence electrons. The van der Waals surface area contributed by atoms with Gasteiger partial charge < -0.3 is 0 Å². The second-order valence-electron chi connectivity index (χ2n) is 6.47. The quantitative estimate of drug-likeness (QED) is 0.591. The Morgan fingerprint density at radius 1 is 1.00 bits per heavy atom. The molecule has 0 nitrogen and oxygen atoms in total. The van der Waals surface area contributed by atoms with E-state index in [1.165, 1.54) is 38.5 Å². The third kappa shape index (κ3) is 2.52. The molecule has 0 radical (unpaired) electrons. The largest absolute Gasteiger partial charge is 0.0654 e. The lowest BCUT2D eigenvalue weighted by molar-refractivity contribution is -0.0272. The molecular weight excluding hydrogens is 168 g/mol. The topological polar surface area (TPSA) is 0 Å². The highest BCUT2D eigenvalue weighted by molar-refractivity contribution is 4.97. The van der Waals surface area contributed by atoms with Gasteiger partial charge >= 0.3 is 0 Å². The first-order valence-electron chi connectivity index (χ1n) is 6.43. The van der Waals surface area contributed by atoms with Gasteiger partial charge in [0.1, 0.15) is 0 Å². The molecule has 0 spiro atoms. The van der Waals surface area contributed by atoms with Crippen LogP contribution in [0.15, 0.2) is 0 Å². The van der Waals surface area contributed by atoms with Crippen molar-refractivity contribution in [2.45, 2.75) is 73.1 Å². The predicted octanol–water partition coefficient (Wildman–Crippen LogP) is 5.03. The van der Waals surface area contributed by atoms with Gasteiger partial charge in [0, 0.05) is 0 Å². The second kappa shape index (κ2) is 4.24. The van der Waals surface area contributed by atoms with Gasteiger partial charge in [-0.25, -0.2) is 0 Å². The first-order chi connectivity index (χ1) is 6.43. The highest BCUT2D eigenvalue weighted by Crippen LogP contribution is 2.57. The number of rotatable bonds is 4. The van der Waals surface area contributed by atoms with E-state index >= 15 is 0 Å². The van der Waals surface area contributed by atoms with Crippen molar-refractivity contribution in [2.24, 2.45) is 16.7 Å². The molecule has 0 aromatic carbocycles. The van der Waals surface area contributed by atoms with E-state index in [2.05, 4.69) is 34.6 Å². The molecule has 0 unspecified atom stereocenters. The fraction of sp³-hybridized carbons (Fsp3) is 1.00. The van der Waals surface area contributed by atoms with Gasteiger partial charge in [-0.15, -0.1) is 0 Å². The van der Waals surface area contributed by atoms with E-state index < -0.39 is 0 Å². The van der Waals surface area contributed by atoms with E-state index in [4.69, 9.17) is 0 Å². The highest BCUT2D eigenvalue weighted by atomic mass is 14.5. The van der Waals surface area contributed by atoms with Gasteiger partial charge in [0.15, 0.2) is 0 Å². The molecule has 0 aliphatic heterocycles. The fourth-order valence-electron chi connectivity index (χ4n) is 3.19. The average Bonchev–Trinajstić information content (AvgIpc) is 1.97. The van der Waals surface area contributed by atoms with Crippen LogP contribution in [-0.4, -0.2) is 0 Å². The van der Waals surface area contributed by atoms with Crippen LogP contribution in [0.3, 0.4) is 0 Å². The van der Waals surface area contributed by atoms with Gasteiger partial charge in [-0.05, 0) is 42.4 Å². The molecular formula is C14H28. The summed E-state index contributed by atoms with van der Waals surface area (Å²) in [4.78, 5) is 0. The Morgan fingerprint density at radius 2 is 1.43 bits per heavy atom. The van der Waals surface area contributed by atoms with E-state index in [0.717, 1.165) is 11.3 Å². The minimum absolute atomic E-state index is 0.547. The smallest absolute Gasteiger partial charge is 0.0292 e. The molecule has 14 heavy (non-hydrogen) atoms. The van der Waals surface area contributed by atoms with E-state index in [9.17, 15) is 0 Å². The highest BCUT2D eigenvalue weighted by Gasteiger charge is 2.46. The molecule has 0 aromatic heterocycles. The summed E-state index contributed by atoms with van der Waals surface area (Å²) in [6.07, 6.45) is 8.67. The molecule has 0 heterocycles. The van der Waals surface area contributed by atoms with Crippen molar-refractivity contribution < 1.29 is 0 Å². The molecule has 0 saturated heterocycles. The Balaban J connectivity index is 2.46. The van der Waals surface area contributed by atoms with Crippen LogP contribution in [0, 0.1) is 16.7 Å². The van der Waals surface area contributed by atoms with Crippen LogP contribution in [0.25, 0.3) is 0 Å². The molecule has 1 aliphatic rings. The number of hydrogen-bond acceptors (Lipinski definition) is 0. The minimum Gasteiger partial charge on any atom is -0.0654 e. The SMILES string of the molecule is CCCC1(CCC)CC(C(C)(C)C)C1. The van der Waals surface area contributed by atoms with Crippen LogP contribution in [0.2, 0.25) is 0 Å². The van der Waals surface area contributed by atoms with Crippen molar-refractivity contribution in [2.75, 3.05) is 0 Å². The predicted molar refractivity (Wildman–Crippen MR) is 64.4 cm³/mol. The van der Waals surface area contributed by atoms with E-state index in [1.54, 1.807) is 0 Å². The summed E-state index contributed by atoms with van der Waals surface area (Å²) in [5, 5.41) is 0. The lowest BCUT2D eigenvalue weighted by atomic mass is 9.52. The summed E-state index contributed by atoms with van der Waals surface area (Å²) >= 11 is 0. The summed E-state index contributed by atoms with van der Waals surface area (Å²) in [6.45, 7) is 11.9. The Hall–Kier alpha value is 0. The van der Waals surface area contributed by atoms with Crippen molar-refractivity contribution in [3.63, 3.8) is 0 Å². The zero-order valence-electron chi connectivity index (χ0n) is 10.8. The zero-order chi connectivity index (χ0) is 10.8. The fourth-order valence-corrected chi connectivity index (χ4v) is 3.19. The lowest BCUT2D eigenvalue weighted by Gasteiger charge is -2.53. The summed E-state index contributed by atoms with van der Waals surface area (Å²) in [6, 6.07) is 0. The standard InChI is InChI=1S/C14H28/c1-6-8-14(9-7-2)10-12(11-14)13(3,4)5/h12H,6-11H2,1-5H3. The van der Waals surface area contributed by atoms with E-state index in [-0.39, 0.29) is 0 Å². The molecule has 0 amide bonds.